The van der Waals surface area contributed by atoms with Crippen LogP contribution in [0.25, 0.3) is 0 Å². The number of hydrogen-bond acceptors (Lipinski definition) is 4. The van der Waals surface area contributed by atoms with Crippen LogP contribution in [-0.2, 0) is 16.3 Å². The zero-order valence-corrected chi connectivity index (χ0v) is 11.5. The summed E-state index contributed by atoms with van der Waals surface area (Å²) in [6, 6.07) is 5.58. The smallest absolute Gasteiger partial charge is 0.161 e. The summed E-state index contributed by atoms with van der Waals surface area (Å²) in [5.41, 5.74) is 0.955. The average Bonchev–Trinajstić information content (AvgIpc) is 3.10. The van der Waals surface area contributed by atoms with E-state index in [9.17, 15) is 8.42 Å². The van der Waals surface area contributed by atoms with Gasteiger partial charge in [0, 0.05) is 6.26 Å². The highest BCUT2D eigenvalue weighted by atomic mass is 32.2. The van der Waals surface area contributed by atoms with E-state index >= 15 is 0 Å². The Bertz CT molecular complexity index is 518. The molecule has 1 aliphatic rings. The molecule has 0 saturated heterocycles. The second kappa shape index (κ2) is 5.18. The zero-order chi connectivity index (χ0) is 13.2. The lowest BCUT2D eigenvalue weighted by atomic mass is 10.1. The van der Waals surface area contributed by atoms with Crippen molar-refractivity contribution in [1.82, 2.24) is 0 Å². The number of benzene rings is 1. The summed E-state index contributed by atoms with van der Waals surface area (Å²) in [6.07, 6.45) is 4.21. The molecule has 0 aliphatic heterocycles. The minimum absolute atomic E-state index is 0.155. The quantitative estimate of drug-likeness (QED) is 0.791. The molecule has 0 spiro atoms. The van der Waals surface area contributed by atoms with Crippen LogP contribution < -0.4 is 9.47 Å². The highest BCUT2D eigenvalue weighted by Gasteiger charge is 2.25. The fourth-order valence-electron chi connectivity index (χ4n) is 1.64. The van der Waals surface area contributed by atoms with Crippen molar-refractivity contribution in [3.63, 3.8) is 0 Å². The summed E-state index contributed by atoms with van der Waals surface area (Å²) >= 11 is 0. The first-order valence-electron chi connectivity index (χ1n) is 5.99. The molecule has 1 fully saturated rings. The number of sulfone groups is 1. The van der Waals surface area contributed by atoms with Crippen LogP contribution >= 0.6 is 0 Å². The van der Waals surface area contributed by atoms with Gasteiger partial charge in [0.05, 0.1) is 19.0 Å². The van der Waals surface area contributed by atoms with Gasteiger partial charge < -0.3 is 9.47 Å². The molecule has 0 amide bonds. The summed E-state index contributed by atoms with van der Waals surface area (Å²) in [5.74, 6) is 1.57. The van der Waals surface area contributed by atoms with Gasteiger partial charge in [-0.3, -0.25) is 0 Å². The Kier molecular flexibility index (Phi) is 3.80. The Morgan fingerprint density at radius 2 is 2.00 bits per heavy atom. The van der Waals surface area contributed by atoms with Gasteiger partial charge in [0.1, 0.15) is 9.84 Å². The third kappa shape index (κ3) is 3.91. The molecule has 1 aliphatic carbocycles. The molecule has 1 aromatic carbocycles. The van der Waals surface area contributed by atoms with Crippen LogP contribution in [0.5, 0.6) is 11.5 Å². The number of aryl methyl sites for hydroxylation is 1. The monoisotopic (exact) mass is 270 g/mol. The van der Waals surface area contributed by atoms with Crippen molar-refractivity contribution in [2.24, 2.45) is 0 Å². The van der Waals surface area contributed by atoms with Gasteiger partial charge in [0.15, 0.2) is 11.5 Å². The van der Waals surface area contributed by atoms with E-state index in [1.807, 2.05) is 18.2 Å². The van der Waals surface area contributed by atoms with E-state index in [0.717, 1.165) is 18.4 Å². The predicted molar refractivity (Wildman–Crippen MR) is 70.1 cm³/mol. The van der Waals surface area contributed by atoms with Crippen LogP contribution in [0.15, 0.2) is 18.2 Å². The molecule has 2 rings (SSSR count). The van der Waals surface area contributed by atoms with E-state index in [4.69, 9.17) is 9.47 Å². The summed E-state index contributed by atoms with van der Waals surface area (Å²) in [7, 11) is -1.33. The summed E-state index contributed by atoms with van der Waals surface area (Å²) in [5, 5.41) is 0. The lowest BCUT2D eigenvalue weighted by Gasteiger charge is -2.11. The molecule has 0 unspecified atom stereocenters. The van der Waals surface area contributed by atoms with E-state index in [0.29, 0.717) is 24.0 Å². The molecule has 0 heterocycles. The fourth-order valence-corrected chi connectivity index (χ4v) is 2.24. The van der Waals surface area contributed by atoms with E-state index in [1.165, 1.54) is 6.26 Å². The lowest BCUT2D eigenvalue weighted by Crippen LogP contribution is -2.06. The zero-order valence-electron chi connectivity index (χ0n) is 10.7. The Hall–Kier alpha value is -1.23. The van der Waals surface area contributed by atoms with Crippen molar-refractivity contribution in [2.75, 3.05) is 19.1 Å². The van der Waals surface area contributed by atoms with Crippen LogP contribution in [0, 0.1) is 0 Å². The van der Waals surface area contributed by atoms with Crippen molar-refractivity contribution in [3.8, 4) is 11.5 Å². The van der Waals surface area contributed by atoms with Gasteiger partial charge in [-0.05, 0) is 37.0 Å². The van der Waals surface area contributed by atoms with Gasteiger partial charge in [0.25, 0.3) is 0 Å². The number of rotatable bonds is 6. The summed E-state index contributed by atoms with van der Waals surface area (Å²) in [6.45, 7) is 0. The maximum Gasteiger partial charge on any atom is 0.161 e. The molecule has 0 bridgehead atoms. The Morgan fingerprint density at radius 1 is 1.28 bits per heavy atom. The van der Waals surface area contributed by atoms with Crippen LogP contribution in [-0.4, -0.2) is 33.6 Å². The van der Waals surface area contributed by atoms with E-state index in [-0.39, 0.29) is 5.75 Å². The van der Waals surface area contributed by atoms with Gasteiger partial charge in [-0.1, -0.05) is 6.07 Å². The second-order valence-electron chi connectivity index (χ2n) is 4.68. The molecule has 5 heteroatoms. The van der Waals surface area contributed by atoms with Gasteiger partial charge in [0.2, 0.25) is 0 Å². The number of hydrogen-bond donors (Lipinski definition) is 0. The number of ether oxygens (including phenoxy) is 2. The van der Waals surface area contributed by atoms with Crippen molar-refractivity contribution < 1.29 is 17.9 Å². The van der Waals surface area contributed by atoms with Crippen molar-refractivity contribution in [3.05, 3.63) is 23.8 Å². The minimum atomic E-state index is -2.93. The highest BCUT2D eigenvalue weighted by molar-refractivity contribution is 7.90. The Morgan fingerprint density at radius 3 is 2.56 bits per heavy atom. The largest absolute Gasteiger partial charge is 0.493 e. The Labute approximate surface area is 108 Å². The molecular weight excluding hydrogens is 252 g/mol. The van der Waals surface area contributed by atoms with Crippen LogP contribution in [0.3, 0.4) is 0 Å². The molecular formula is C13H18O4S. The number of methoxy groups -OCH3 is 1. The molecule has 100 valence electrons. The Balaban J connectivity index is 2.11. The van der Waals surface area contributed by atoms with Crippen LogP contribution in [0.1, 0.15) is 18.4 Å². The normalized spacial score (nSPS) is 15.4. The highest BCUT2D eigenvalue weighted by Crippen LogP contribution is 2.34. The van der Waals surface area contributed by atoms with Crippen LogP contribution in [0.4, 0.5) is 0 Å². The molecule has 18 heavy (non-hydrogen) atoms. The van der Waals surface area contributed by atoms with Crippen molar-refractivity contribution >= 4 is 9.84 Å². The minimum Gasteiger partial charge on any atom is -0.493 e. The van der Waals surface area contributed by atoms with E-state index in [1.54, 1.807) is 7.11 Å². The first-order chi connectivity index (χ1) is 8.48. The predicted octanol–water partition coefficient (Wildman–Crippen LogP) is 1.82. The molecule has 0 atom stereocenters. The maximum atomic E-state index is 11.1. The molecule has 1 aromatic rings. The fraction of sp³-hybridized carbons (Fsp3) is 0.538. The molecule has 0 radical (unpaired) electrons. The molecule has 1 saturated carbocycles. The molecule has 0 N–H and O–H groups in total. The first kappa shape index (κ1) is 13.2. The standard InChI is InChI=1S/C13H18O4S/c1-16-12-6-3-10(7-8-18(2,14)15)9-13(12)17-11-4-5-11/h3,6,9,11H,4-5,7-8H2,1-2H3. The van der Waals surface area contributed by atoms with Crippen LogP contribution in [0.2, 0.25) is 0 Å². The summed E-state index contributed by atoms with van der Waals surface area (Å²) < 4.78 is 33.3. The lowest BCUT2D eigenvalue weighted by molar-refractivity contribution is 0.282. The van der Waals surface area contributed by atoms with Gasteiger partial charge in [-0.25, -0.2) is 8.42 Å². The first-order valence-corrected chi connectivity index (χ1v) is 8.05. The topological polar surface area (TPSA) is 52.6 Å². The second-order valence-corrected chi connectivity index (χ2v) is 6.94. The van der Waals surface area contributed by atoms with E-state index < -0.39 is 9.84 Å². The third-order valence-corrected chi connectivity index (χ3v) is 3.75. The molecule has 4 nitrogen and oxygen atoms in total. The van der Waals surface area contributed by atoms with E-state index in [2.05, 4.69) is 0 Å². The van der Waals surface area contributed by atoms with Crippen molar-refractivity contribution in [2.45, 2.75) is 25.4 Å². The van der Waals surface area contributed by atoms with Crippen molar-refractivity contribution in [1.29, 1.82) is 0 Å². The van der Waals surface area contributed by atoms with Gasteiger partial charge in [-0.15, -0.1) is 0 Å². The SMILES string of the molecule is COc1ccc(CCS(C)(=O)=O)cc1OC1CC1. The third-order valence-electron chi connectivity index (χ3n) is 2.81. The summed E-state index contributed by atoms with van der Waals surface area (Å²) in [4.78, 5) is 0. The molecule has 0 aromatic heterocycles. The average molecular weight is 270 g/mol. The van der Waals surface area contributed by atoms with Gasteiger partial charge in [-0.2, -0.15) is 0 Å². The maximum absolute atomic E-state index is 11.1. The van der Waals surface area contributed by atoms with Gasteiger partial charge >= 0.3 is 0 Å².